The smallest absolute Gasteiger partial charge is 0.257 e. The van der Waals surface area contributed by atoms with Crippen molar-refractivity contribution in [3.63, 3.8) is 0 Å². The summed E-state index contributed by atoms with van der Waals surface area (Å²) in [7, 11) is 6.31. The third-order valence-corrected chi connectivity index (χ3v) is 4.88. The van der Waals surface area contributed by atoms with E-state index in [4.69, 9.17) is 14.2 Å². The number of thiophene rings is 1. The minimum absolute atomic E-state index is 0.148. The summed E-state index contributed by atoms with van der Waals surface area (Å²) in [5.74, 6) is 1.15. The van der Waals surface area contributed by atoms with Gasteiger partial charge in [0.05, 0.1) is 30.7 Å². The molecule has 1 aromatic carbocycles. The topological polar surface area (TPSA) is 48.0 Å². The molecule has 0 spiro atoms. The molecule has 2 aromatic rings. The molecule has 0 saturated carbocycles. The van der Waals surface area contributed by atoms with Crippen LogP contribution in [0.4, 0.5) is 0 Å². The molecular weight excluding hydrogens is 382 g/mol. The highest BCUT2D eigenvalue weighted by molar-refractivity contribution is 9.11. The van der Waals surface area contributed by atoms with Gasteiger partial charge in [-0.3, -0.25) is 4.79 Å². The fourth-order valence-electron chi connectivity index (χ4n) is 2.25. The molecule has 0 radical (unpaired) electrons. The number of hydrogen-bond acceptors (Lipinski definition) is 5. The number of methoxy groups -OCH3 is 3. The van der Waals surface area contributed by atoms with Crippen molar-refractivity contribution in [1.29, 1.82) is 0 Å². The van der Waals surface area contributed by atoms with Gasteiger partial charge in [-0.05, 0) is 45.1 Å². The summed E-state index contributed by atoms with van der Waals surface area (Å²) < 4.78 is 17.0. The van der Waals surface area contributed by atoms with Crippen LogP contribution in [-0.4, -0.2) is 39.2 Å². The van der Waals surface area contributed by atoms with Gasteiger partial charge in [0.25, 0.3) is 5.91 Å². The van der Waals surface area contributed by atoms with E-state index in [0.29, 0.717) is 29.4 Å². The zero-order valence-corrected chi connectivity index (χ0v) is 15.8. The molecule has 23 heavy (non-hydrogen) atoms. The Hall–Kier alpha value is -1.73. The van der Waals surface area contributed by atoms with Crippen molar-refractivity contribution >= 4 is 33.2 Å². The summed E-state index contributed by atoms with van der Waals surface area (Å²) >= 11 is 5.02. The van der Waals surface area contributed by atoms with Crippen LogP contribution in [0.5, 0.6) is 17.2 Å². The molecule has 5 nitrogen and oxygen atoms in total. The van der Waals surface area contributed by atoms with Gasteiger partial charge in [-0.15, -0.1) is 11.3 Å². The number of amides is 1. The first kappa shape index (κ1) is 17.6. The lowest BCUT2D eigenvalue weighted by molar-refractivity contribution is 0.0781. The second kappa shape index (κ2) is 7.70. The Bertz CT molecular complexity index is 701. The summed E-state index contributed by atoms with van der Waals surface area (Å²) in [6.45, 7) is 0.512. The Kier molecular flexibility index (Phi) is 5.90. The highest BCUT2D eigenvalue weighted by Crippen LogP contribution is 2.40. The van der Waals surface area contributed by atoms with Crippen LogP contribution in [0.3, 0.4) is 0 Å². The van der Waals surface area contributed by atoms with Gasteiger partial charge in [0.15, 0.2) is 11.5 Å². The summed E-state index contributed by atoms with van der Waals surface area (Å²) in [6.07, 6.45) is 0. The van der Waals surface area contributed by atoms with Crippen LogP contribution in [0, 0.1) is 0 Å². The van der Waals surface area contributed by atoms with Crippen LogP contribution in [0.25, 0.3) is 0 Å². The van der Waals surface area contributed by atoms with E-state index in [-0.39, 0.29) is 5.91 Å². The van der Waals surface area contributed by atoms with Crippen molar-refractivity contribution in [1.82, 2.24) is 4.90 Å². The lowest BCUT2D eigenvalue weighted by Gasteiger charge is -2.20. The first-order chi connectivity index (χ1) is 11.0. The third kappa shape index (κ3) is 3.79. The number of ether oxygens (including phenoxy) is 3. The quantitative estimate of drug-likeness (QED) is 0.740. The van der Waals surface area contributed by atoms with Crippen molar-refractivity contribution in [2.75, 3.05) is 28.4 Å². The van der Waals surface area contributed by atoms with E-state index in [9.17, 15) is 4.79 Å². The van der Waals surface area contributed by atoms with E-state index >= 15 is 0 Å². The average Bonchev–Trinajstić information content (AvgIpc) is 2.97. The van der Waals surface area contributed by atoms with Crippen LogP contribution in [-0.2, 0) is 6.54 Å². The number of halogens is 1. The molecule has 0 aliphatic heterocycles. The molecule has 0 unspecified atom stereocenters. The molecule has 0 N–H and O–H groups in total. The van der Waals surface area contributed by atoms with E-state index in [2.05, 4.69) is 15.9 Å². The van der Waals surface area contributed by atoms with Gasteiger partial charge < -0.3 is 19.1 Å². The van der Waals surface area contributed by atoms with Crippen LogP contribution in [0.2, 0.25) is 0 Å². The molecule has 1 amide bonds. The average molecular weight is 400 g/mol. The summed E-state index contributed by atoms with van der Waals surface area (Å²) in [5.41, 5.74) is 1.50. The zero-order valence-electron chi connectivity index (χ0n) is 13.4. The maximum absolute atomic E-state index is 12.7. The minimum Gasteiger partial charge on any atom is -0.493 e. The number of benzene rings is 1. The largest absolute Gasteiger partial charge is 0.493 e. The lowest BCUT2D eigenvalue weighted by atomic mass is 10.1. The zero-order chi connectivity index (χ0) is 17.0. The fourth-order valence-corrected chi connectivity index (χ4v) is 3.45. The van der Waals surface area contributed by atoms with E-state index in [1.165, 1.54) is 14.2 Å². The minimum atomic E-state index is -0.148. The van der Waals surface area contributed by atoms with Gasteiger partial charge >= 0.3 is 0 Å². The predicted molar refractivity (Wildman–Crippen MR) is 93.9 cm³/mol. The fraction of sp³-hybridized carbons (Fsp3) is 0.312. The summed E-state index contributed by atoms with van der Waals surface area (Å²) in [5, 5.41) is 2.01. The van der Waals surface area contributed by atoms with Gasteiger partial charge in [-0.2, -0.15) is 0 Å². The van der Waals surface area contributed by atoms with Gasteiger partial charge in [0, 0.05) is 13.6 Å². The van der Waals surface area contributed by atoms with Gasteiger partial charge in [0.1, 0.15) is 0 Å². The first-order valence-corrected chi connectivity index (χ1v) is 8.46. The number of carbonyl (C=O) groups excluding carboxylic acids is 1. The number of hydrogen-bond donors (Lipinski definition) is 0. The van der Waals surface area contributed by atoms with E-state index in [1.807, 2.05) is 11.4 Å². The first-order valence-electron chi connectivity index (χ1n) is 6.79. The van der Waals surface area contributed by atoms with E-state index in [1.54, 1.807) is 42.5 Å². The van der Waals surface area contributed by atoms with Crippen LogP contribution in [0.15, 0.2) is 27.4 Å². The Morgan fingerprint density at radius 2 is 1.87 bits per heavy atom. The Morgan fingerprint density at radius 3 is 2.39 bits per heavy atom. The second-order valence-corrected chi connectivity index (χ2v) is 7.09. The second-order valence-electron chi connectivity index (χ2n) is 4.80. The summed E-state index contributed by atoms with van der Waals surface area (Å²) in [4.78, 5) is 14.4. The van der Waals surface area contributed by atoms with E-state index in [0.717, 1.165) is 9.35 Å². The number of rotatable bonds is 6. The molecule has 1 heterocycles. The molecule has 124 valence electrons. The number of carbonyl (C=O) groups is 1. The van der Waals surface area contributed by atoms with Crippen molar-refractivity contribution in [3.8, 4) is 17.2 Å². The lowest BCUT2D eigenvalue weighted by Crippen LogP contribution is -2.26. The van der Waals surface area contributed by atoms with Crippen LogP contribution >= 0.6 is 27.3 Å². The van der Waals surface area contributed by atoms with Gasteiger partial charge in [-0.25, -0.2) is 0 Å². The monoisotopic (exact) mass is 399 g/mol. The molecule has 0 atom stereocenters. The molecule has 0 aliphatic rings. The van der Waals surface area contributed by atoms with Gasteiger partial charge in [-0.1, -0.05) is 0 Å². The highest BCUT2D eigenvalue weighted by atomic mass is 79.9. The molecular formula is C16H18BrNO4S. The van der Waals surface area contributed by atoms with Crippen LogP contribution in [0.1, 0.15) is 15.9 Å². The number of nitrogens with zero attached hydrogens (tertiary/aromatic N) is 1. The van der Waals surface area contributed by atoms with Crippen molar-refractivity contribution in [2.24, 2.45) is 0 Å². The highest BCUT2D eigenvalue weighted by Gasteiger charge is 2.23. The van der Waals surface area contributed by atoms with Crippen molar-refractivity contribution < 1.29 is 19.0 Å². The van der Waals surface area contributed by atoms with Crippen molar-refractivity contribution in [2.45, 2.75) is 6.54 Å². The standard InChI is InChI=1S/C16H18BrNO4S/c1-18(8-10-7-13(17)23-9-10)16(19)11-5-6-12(20-2)15(22-4)14(11)21-3/h5-7,9H,8H2,1-4H3. The van der Waals surface area contributed by atoms with Crippen LogP contribution < -0.4 is 14.2 Å². The molecule has 1 aromatic heterocycles. The molecule has 0 bridgehead atoms. The Labute approximate surface area is 147 Å². The Morgan fingerprint density at radius 1 is 1.17 bits per heavy atom. The maximum atomic E-state index is 12.7. The SMILES string of the molecule is COc1ccc(C(=O)N(C)Cc2csc(Br)c2)c(OC)c1OC. The Balaban J connectivity index is 2.31. The molecule has 0 aliphatic carbocycles. The molecule has 0 saturated heterocycles. The molecule has 0 fully saturated rings. The van der Waals surface area contributed by atoms with Gasteiger partial charge in [0.2, 0.25) is 5.75 Å². The summed E-state index contributed by atoms with van der Waals surface area (Å²) in [6, 6.07) is 5.38. The predicted octanol–water partition coefficient (Wildman–Crippen LogP) is 3.81. The van der Waals surface area contributed by atoms with Crippen molar-refractivity contribution in [3.05, 3.63) is 38.5 Å². The third-order valence-electron chi connectivity index (χ3n) is 3.32. The normalized spacial score (nSPS) is 10.3. The molecule has 2 rings (SSSR count). The van der Waals surface area contributed by atoms with E-state index < -0.39 is 0 Å². The maximum Gasteiger partial charge on any atom is 0.257 e. The molecule has 7 heteroatoms.